The standard InChI is InChI=1S/C13H21N3O4/c1-17-5-6-18-7-8-19-9-10-20-11-3-2-4-16-12(11)13(14)15/h2-4H,5-10H2,1H3,(H3,14,15). The number of nitrogens with zero attached hydrogens (tertiary/aromatic N) is 1. The first-order valence-corrected chi connectivity index (χ1v) is 6.32. The van der Waals surface area contributed by atoms with E-state index in [2.05, 4.69) is 4.98 Å². The Hall–Kier alpha value is -1.70. The zero-order valence-electron chi connectivity index (χ0n) is 11.6. The van der Waals surface area contributed by atoms with E-state index in [1.54, 1.807) is 25.4 Å². The third-order valence-corrected chi connectivity index (χ3v) is 2.31. The lowest BCUT2D eigenvalue weighted by atomic mass is 10.3. The zero-order chi connectivity index (χ0) is 14.6. The Labute approximate surface area is 118 Å². The molecule has 0 aromatic carbocycles. The quantitative estimate of drug-likeness (QED) is 0.347. The molecule has 1 rings (SSSR count). The van der Waals surface area contributed by atoms with E-state index < -0.39 is 0 Å². The van der Waals surface area contributed by atoms with Gasteiger partial charge in [0, 0.05) is 13.3 Å². The molecule has 0 bridgehead atoms. The van der Waals surface area contributed by atoms with Crippen molar-refractivity contribution in [3.8, 4) is 5.75 Å². The Bertz CT molecular complexity index is 401. The molecule has 1 aromatic rings. The number of nitrogens with one attached hydrogen (secondary N) is 1. The summed E-state index contributed by atoms with van der Waals surface area (Å²) in [7, 11) is 1.63. The monoisotopic (exact) mass is 283 g/mol. The number of amidine groups is 1. The summed E-state index contributed by atoms with van der Waals surface area (Å²) in [5, 5.41) is 7.38. The molecule has 0 aliphatic carbocycles. The minimum absolute atomic E-state index is 0.118. The molecule has 0 fully saturated rings. The molecule has 0 atom stereocenters. The van der Waals surface area contributed by atoms with Gasteiger partial charge in [-0.25, -0.2) is 4.98 Å². The highest BCUT2D eigenvalue weighted by Crippen LogP contribution is 2.13. The van der Waals surface area contributed by atoms with Gasteiger partial charge in [-0.3, -0.25) is 5.41 Å². The van der Waals surface area contributed by atoms with Crippen LogP contribution in [-0.4, -0.2) is 57.6 Å². The van der Waals surface area contributed by atoms with Crippen LogP contribution in [0.15, 0.2) is 18.3 Å². The van der Waals surface area contributed by atoms with Crippen LogP contribution in [0.25, 0.3) is 0 Å². The first-order chi connectivity index (χ1) is 9.75. The van der Waals surface area contributed by atoms with Crippen LogP contribution in [-0.2, 0) is 14.2 Å². The minimum atomic E-state index is -0.118. The van der Waals surface area contributed by atoms with Crippen molar-refractivity contribution in [2.24, 2.45) is 5.73 Å². The molecule has 0 spiro atoms. The second-order valence-corrected chi connectivity index (χ2v) is 3.83. The molecular weight excluding hydrogens is 262 g/mol. The summed E-state index contributed by atoms with van der Waals surface area (Å²) in [5.74, 6) is 0.369. The second kappa shape index (κ2) is 10.1. The Morgan fingerprint density at radius 1 is 1.15 bits per heavy atom. The Kier molecular flexibility index (Phi) is 8.28. The van der Waals surface area contributed by atoms with Crippen LogP contribution < -0.4 is 10.5 Å². The molecule has 0 radical (unpaired) electrons. The molecule has 3 N–H and O–H groups in total. The number of nitrogen functional groups attached to an aromatic ring is 1. The molecule has 7 heteroatoms. The van der Waals surface area contributed by atoms with Gasteiger partial charge in [0.25, 0.3) is 0 Å². The van der Waals surface area contributed by atoms with Crippen molar-refractivity contribution in [3.63, 3.8) is 0 Å². The van der Waals surface area contributed by atoms with Crippen LogP contribution in [0.1, 0.15) is 5.69 Å². The SMILES string of the molecule is COCCOCCOCCOc1cccnc1C(=N)N. The van der Waals surface area contributed by atoms with Gasteiger partial charge in [-0.1, -0.05) is 0 Å². The number of hydrogen-bond acceptors (Lipinski definition) is 6. The smallest absolute Gasteiger partial charge is 0.148 e. The van der Waals surface area contributed by atoms with Gasteiger partial charge in [-0.2, -0.15) is 0 Å². The van der Waals surface area contributed by atoms with E-state index in [9.17, 15) is 0 Å². The van der Waals surface area contributed by atoms with Crippen LogP contribution in [0.3, 0.4) is 0 Å². The average Bonchev–Trinajstić information content (AvgIpc) is 2.46. The lowest BCUT2D eigenvalue weighted by Crippen LogP contribution is -2.17. The third kappa shape index (κ3) is 6.46. The van der Waals surface area contributed by atoms with Gasteiger partial charge < -0.3 is 24.7 Å². The van der Waals surface area contributed by atoms with E-state index in [1.807, 2.05) is 0 Å². The first kappa shape index (κ1) is 16.4. The normalized spacial score (nSPS) is 10.4. The summed E-state index contributed by atoms with van der Waals surface area (Å²) in [6.07, 6.45) is 1.57. The molecular formula is C13H21N3O4. The zero-order valence-corrected chi connectivity index (χ0v) is 11.6. The molecule has 20 heavy (non-hydrogen) atoms. The second-order valence-electron chi connectivity index (χ2n) is 3.83. The predicted molar refractivity (Wildman–Crippen MR) is 74.3 cm³/mol. The van der Waals surface area contributed by atoms with Gasteiger partial charge in [0.05, 0.1) is 33.0 Å². The highest BCUT2D eigenvalue weighted by Gasteiger charge is 2.06. The number of rotatable bonds is 11. The van der Waals surface area contributed by atoms with Crippen LogP contribution in [0.5, 0.6) is 5.75 Å². The van der Waals surface area contributed by atoms with Crippen molar-refractivity contribution in [2.75, 3.05) is 46.8 Å². The molecule has 0 unspecified atom stereocenters. The molecule has 7 nitrogen and oxygen atoms in total. The number of hydrogen-bond donors (Lipinski definition) is 2. The van der Waals surface area contributed by atoms with Crippen LogP contribution in [0, 0.1) is 5.41 Å². The van der Waals surface area contributed by atoms with Crippen molar-refractivity contribution in [1.82, 2.24) is 4.98 Å². The van der Waals surface area contributed by atoms with Crippen molar-refractivity contribution in [3.05, 3.63) is 24.0 Å². The lowest BCUT2D eigenvalue weighted by Gasteiger charge is -2.10. The fourth-order valence-electron chi connectivity index (χ4n) is 1.38. The number of pyridine rings is 1. The molecule has 0 aliphatic rings. The molecule has 112 valence electrons. The van der Waals surface area contributed by atoms with Crippen molar-refractivity contribution < 1.29 is 18.9 Å². The fourth-order valence-corrected chi connectivity index (χ4v) is 1.38. The highest BCUT2D eigenvalue weighted by atomic mass is 16.6. The Balaban J connectivity index is 2.11. The summed E-state index contributed by atoms with van der Waals surface area (Å²) >= 11 is 0. The lowest BCUT2D eigenvalue weighted by molar-refractivity contribution is 0.0179. The van der Waals surface area contributed by atoms with E-state index in [0.29, 0.717) is 51.1 Å². The van der Waals surface area contributed by atoms with E-state index in [-0.39, 0.29) is 5.84 Å². The fraction of sp³-hybridized carbons (Fsp3) is 0.538. The van der Waals surface area contributed by atoms with E-state index >= 15 is 0 Å². The molecule has 1 aromatic heterocycles. The third-order valence-electron chi connectivity index (χ3n) is 2.31. The Morgan fingerprint density at radius 3 is 2.45 bits per heavy atom. The first-order valence-electron chi connectivity index (χ1n) is 6.32. The van der Waals surface area contributed by atoms with Gasteiger partial charge in [0.2, 0.25) is 0 Å². The summed E-state index contributed by atoms with van der Waals surface area (Å²) in [6.45, 7) is 2.96. The van der Waals surface area contributed by atoms with Crippen molar-refractivity contribution >= 4 is 5.84 Å². The van der Waals surface area contributed by atoms with Crippen molar-refractivity contribution in [2.45, 2.75) is 0 Å². The molecule has 1 heterocycles. The van der Waals surface area contributed by atoms with Crippen LogP contribution >= 0.6 is 0 Å². The largest absolute Gasteiger partial charge is 0.489 e. The van der Waals surface area contributed by atoms with Crippen LogP contribution in [0.2, 0.25) is 0 Å². The molecule has 0 saturated heterocycles. The predicted octanol–water partition coefficient (Wildman–Crippen LogP) is 0.424. The maximum Gasteiger partial charge on any atom is 0.148 e. The van der Waals surface area contributed by atoms with Gasteiger partial charge in [0.1, 0.15) is 23.9 Å². The topological polar surface area (TPSA) is 99.7 Å². The number of methoxy groups -OCH3 is 1. The summed E-state index contributed by atoms with van der Waals surface area (Å²) in [6, 6.07) is 3.45. The van der Waals surface area contributed by atoms with E-state index in [1.165, 1.54) is 0 Å². The number of ether oxygens (including phenoxy) is 4. The molecule has 0 amide bonds. The van der Waals surface area contributed by atoms with Gasteiger partial charge in [0.15, 0.2) is 0 Å². The minimum Gasteiger partial charge on any atom is -0.489 e. The van der Waals surface area contributed by atoms with Gasteiger partial charge in [-0.05, 0) is 12.1 Å². The summed E-state index contributed by atoms with van der Waals surface area (Å²) in [4.78, 5) is 3.99. The van der Waals surface area contributed by atoms with E-state index in [0.717, 1.165) is 0 Å². The molecule has 0 aliphatic heterocycles. The van der Waals surface area contributed by atoms with E-state index in [4.69, 9.17) is 30.1 Å². The van der Waals surface area contributed by atoms with Crippen molar-refractivity contribution in [1.29, 1.82) is 5.41 Å². The maximum atomic E-state index is 7.38. The van der Waals surface area contributed by atoms with Crippen LogP contribution in [0.4, 0.5) is 0 Å². The number of aromatic nitrogens is 1. The summed E-state index contributed by atoms with van der Waals surface area (Å²) in [5.41, 5.74) is 5.75. The Morgan fingerprint density at radius 2 is 1.80 bits per heavy atom. The summed E-state index contributed by atoms with van der Waals surface area (Å²) < 4.78 is 20.9. The van der Waals surface area contributed by atoms with Gasteiger partial charge >= 0.3 is 0 Å². The highest BCUT2D eigenvalue weighted by molar-refractivity contribution is 5.95. The average molecular weight is 283 g/mol. The number of nitrogens with two attached hydrogens (primary N) is 1. The maximum absolute atomic E-state index is 7.38. The van der Waals surface area contributed by atoms with Gasteiger partial charge in [-0.15, -0.1) is 0 Å². The molecule has 0 saturated carbocycles.